The summed E-state index contributed by atoms with van der Waals surface area (Å²) in [6.07, 6.45) is 6.65. The third-order valence-electron chi connectivity index (χ3n) is 11.8. The van der Waals surface area contributed by atoms with Crippen molar-refractivity contribution >= 4 is 39.0 Å². The summed E-state index contributed by atoms with van der Waals surface area (Å²) in [5, 5.41) is 1.03. The smallest absolute Gasteiger partial charge is 0.410 e. The molecule has 0 spiro atoms. The van der Waals surface area contributed by atoms with Crippen LogP contribution in [0.3, 0.4) is 0 Å². The van der Waals surface area contributed by atoms with Crippen LogP contribution in [0.4, 0.5) is 4.79 Å². The zero-order valence-corrected chi connectivity index (χ0v) is 30.8. The quantitative estimate of drug-likeness (QED) is 0.355. The summed E-state index contributed by atoms with van der Waals surface area (Å²) in [4.78, 5) is 45.1. The van der Waals surface area contributed by atoms with Crippen molar-refractivity contribution in [3.63, 3.8) is 0 Å². The highest BCUT2D eigenvalue weighted by molar-refractivity contribution is 7.88. The Morgan fingerprint density at radius 1 is 0.961 bits per heavy atom. The highest BCUT2D eigenvalue weighted by atomic mass is 32.2. The van der Waals surface area contributed by atoms with Gasteiger partial charge in [-0.3, -0.25) is 9.59 Å². The van der Waals surface area contributed by atoms with Gasteiger partial charge in [-0.25, -0.2) is 14.2 Å². The van der Waals surface area contributed by atoms with E-state index in [1.54, 1.807) is 24.1 Å². The van der Waals surface area contributed by atoms with Crippen LogP contribution in [0.25, 0.3) is 22.2 Å². The molecule has 2 saturated heterocycles. The molecule has 3 amide bonds. The minimum absolute atomic E-state index is 0.0300. The van der Waals surface area contributed by atoms with Gasteiger partial charge in [-0.05, 0) is 93.8 Å². The van der Waals surface area contributed by atoms with Crippen LogP contribution in [0.1, 0.15) is 99.0 Å². The predicted molar refractivity (Wildman–Crippen MR) is 192 cm³/mol. The Balaban J connectivity index is 1.23. The maximum atomic E-state index is 15.0. The van der Waals surface area contributed by atoms with E-state index in [1.165, 1.54) is 19.0 Å². The number of methoxy groups -OCH3 is 1. The van der Waals surface area contributed by atoms with Gasteiger partial charge in [-0.15, -0.1) is 0 Å². The van der Waals surface area contributed by atoms with Crippen molar-refractivity contribution in [1.29, 1.82) is 0 Å². The van der Waals surface area contributed by atoms with E-state index in [1.807, 2.05) is 37.8 Å². The molecule has 3 aromatic rings. The Kier molecular flexibility index (Phi) is 7.99. The number of aromatic nitrogens is 1. The van der Waals surface area contributed by atoms with E-state index >= 15 is 4.79 Å². The van der Waals surface area contributed by atoms with Gasteiger partial charge in [0, 0.05) is 54.6 Å². The standard InChI is InChI=1S/C38H47N5O7S/c1-37(2,3)50-36(46)42-20-24-16-25(42)19-41(24)35(45)38-18-30(38)29-17-26(49-5)12-14-27(29)33-32(22-9-7-6-8-10-22)28-13-11-23(15-31(28)43(33)21-38)34(44)40-51(47,48)39-4/h11-15,17,22,24-25,30,39H,6-10,16,18-21H2,1-5H3,(H,40,44). The van der Waals surface area contributed by atoms with Crippen LogP contribution in [-0.2, 0) is 26.3 Å². The molecule has 51 heavy (non-hydrogen) atoms. The van der Waals surface area contributed by atoms with Gasteiger partial charge in [0.1, 0.15) is 11.4 Å². The number of hydrogen-bond donors (Lipinski definition) is 2. The molecule has 2 bridgehead atoms. The number of nitrogens with one attached hydrogen (secondary N) is 2. The third-order valence-corrected chi connectivity index (χ3v) is 12.8. The number of carbonyl (C=O) groups is 3. The average Bonchev–Trinajstić information content (AvgIpc) is 3.33. The number of likely N-dealkylation sites (tertiary alicyclic amines) is 2. The summed E-state index contributed by atoms with van der Waals surface area (Å²) in [5.41, 5.74) is 4.21. The van der Waals surface area contributed by atoms with E-state index in [9.17, 15) is 18.0 Å². The first-order valence-electron chi connectivity index (χ1n) is 18.1. The molecule has 13 heteroatoms. The maximum Gasteiger partial charge on any atom is 0.410 e. The highest BCUT2D eigenvalue weighted by Crippen LogP contribution is 2.66. The first-order valence-corrected chi connectivity index (χ1v) is 19.6. The Hall–Kier alpha value is -4.10. The summed E-state index contributed by atoms with van der Waals surface area (Å²) in [5.74, 6) is 0.394. The molecule has 4 atom stereocenters. The Bertz CT molecular complexity index is 2060. The van der Waals surface area contributed by atoms with Gasteiger partial charge in [-0.2, -0.15) is 8.42 Å². The minimum Gasteiger partial charge on any atom is -0.497 e. The fraction of sp³-hybridized carbons (Fsp3) is 0.553. The van der Waals surface area contributed by atoms with Crippen LogP contribution in [-0.4, -0.2) is 85.6 Å². The van der Waals surface area contributed by atoms with Crippen LogP contribution in [0.2, 0.25) is 0 Å². The SMILES string of the molecule is CNS(=O)(=O)NC(=O)c1ccc2c(C3CCCCC3)c3n(c2c1)CC1(C(=O)N2CC4CC2CN4C(=O)OC(C)(C)C)CC1c1cc(OC)ccc1-3. The number of carbonyl (C=O) groups excluding carboxylic acids is 3. The largest absolute Gasteiger partial charge is 0.497 e. The van der Waals surface area contributed by atoms with E-state index in [0.717, 1.165) is 65.6 Å². The van der Waals surface area contributed by atoms with Crippen molar-refractivity contribution in [2.45, 2.75) is 102 Å². The van der Waals surface area contributed by atoms with E-state index in [4.69, 9.17) is 9.47 Å². The lowest BCUT2D eigenvalue weighted by Gasteiger charge is -2.37. The fourth-order valence-electron chi connectivity index (χ4n) is 9.40. The summed E-state index contributed by atoms with van der Waals surface area (Å²) < 4.78 is 42.4. The molecule has 8 rings (SSSR count). The lowest BCUT2D eigenvalue weighted by molar-refractivity contribution is -0.140. The molecule has 3 aliphatic heterocycles. The summed E-state index contributed by atoms with van der Waals surface area (Å²) in [6, 6.07) is 11.5. The lowest BCUT2D eigenvalue weighted by Crippen LogP contribution is -2.53. The van der Waals surface area contributed by atoms with Crippen molar-refractivity contribution in [3.05, 3.63) is 53.1 Å². The number of rotatable bonds is 6. The number of benzene rings is 2. The summed E-state index contributed by atoms with van der Waals surface area (Å²) >= 11 is 0. The predicted octanol–water partition coefficient (Wildman–Crippen LogP) is 5.27. The number of hydrogen-bond acceptors (Lipinski definition) is 7. The molecule has 5 aliphatic rings. The third kappa shape index (κ3) is 5.67. The van der Waals surface area contributed by atoms with Crippen molar-refractivity contribution in [1.82, 2.24) is 23.8 Å². The molecule has 1 aromatic heterocycles. The molecular weight excluding hydrogens is 671 g/mol. The van der Waals surface area contributed by atoms with E-state index in [0.29, 0.717) is 32.0 Å². The number of nitrogens with zero attached hydrogens (tertiary/aromatic N) is 3. The van der Waals surface area contributed by atoms with Gasteiger partial charge in [0.25, 0.3) is 5.91 Å². The van der Waals surface area contributed by atoms with Crippen LogP contribution in [0, 0.1) is 5.41 Å². The first-order chi connectivity index (χ1) is 24.2. The van der Waals surface area contributed by atoms with Gasteiger partial charge in [0.05, 0.1) is 30.3 Å². The summed E-state index contributed by atoms with van der Waals surface area (Å²) in [6.45, 7) is 6.93. The zero-order valence-electron chi connectivity index (χ0n) is 30.0. The van der Waals surface area contributed by atoms with Crippen LogP contribution >= 0.6 is 0 Å². The van der Waals surface area contributed by atoms with Gasteiger partial charge >= 0.3 is 16.3 Å². The molecule has 4 unspecified atom stereocenters. The molecule has 4 heterocycles. The van der Waals surface area contributed by atoms with Gasteiger partial charge in [0.15, 0.2) is 0 Å². The topological polar surface area (TPSA) is 139 Å². The number of piperazine rings is 1. The van der Waals surface area contributed by atoms with Crippen molar-refractivity contribution in [3.8, 4) is 17.0 Å². The van der Waals surface area contributed by atoms with E-state index in [2.05, 4.69) is 26.1 Å². The van der Waals surface area contributed by atoms with Crippen molar-refractivity contribution in [2.24, 2.45) is 5.41 Å². The number of amides is 3. The lowest BCUT2D eigenvalue weighted by atomic mass is 9.81. The Morgan fingerprint density at radius 2 is 1.69 bits per heavy atom. The van der Waals surface area contributed by atoms with Crippen molar-refractivity contribution in [2.75, 3.05) is 27.2 Å². The summed E-state index contributed by atoms with van der Waals surface area (Å²) in [7, 11) is -1.10. The molecule has 0 radical (unpaired) electrons. The molecule has 2 saturated carbocycles. The highest BCUT2D eigenvalue weighted by Gasteiger charge is 2.65. The van der Waals surface area contributed by atoms with E-state index < -0.39 is 27.1 Å². The van der Waals surface area contributed by atoms with Crippen LogP contribution in [0.15, 0.2) is 36.4 Å². The van der Waals surface area contributed by atoms with Crippen molar-refractivity contribution < 1.29 is 32.3 Å². The van der Waals surface area contributed by atoms with Crippen LogP contribution in [0.5, 0.6) is 5.75 Å². The Morgan fingerprint density at radius 3 is 2.35 bits per heavy atom. The average molecular weight is 718 g/mol. The molecule has 4 fully saturated rings. The van der Waals surface area contributed by atoms with E-state index in [-0.39, 0.29) is 35.6 Å². The second-order valence-corrected chi connectivity index (χ2v) is 17.7. The molecule has 272 valence electrons. The molecule has 2 aliphatic carbocycles. The molecular formula is C38H47N5O7S. The Labute approximate surface area is 299 Å². The fourth-order valence-corrected chi connectivity index (χ4v) is 9.86. The number of ether oxygens (including phenoxy) is 2. The second-order valence-electron chi connectivity index (χ2n) is 16.1. The van der Waals surface area contributed by atoms with Gasteiger partial charge < -0.3 is 23.8 Å². The normalized spacial score (nSPS) is 25.5. The monoisotopic (exact) mass is 717 g/mol. The molecule has 2 N–H and O–H groups in total. The van der Waals surface area contributed by atoms with Crippen LogP contribution < -0.4 is 14.2 Å². The molecule has 2 aromatic carbocycles. The second kappa shape index (κ2) is 12.0. The maximum absolute atomic E-state index is 15.0. The first kappa shape index (κ1) is 34.0. The van der Waals surface area contributed by atoms with Gasteiger partial charge in [-0.1, -0.05) is 25.3 Å². The van der Waals surface area contributed by atoms with Gasteiger partial charge in [0.2, 0.25) is 5.91 Å². The molecule has 12 nitrogen and oxygen atoms in total. The number of fused-ring (bicyclic) bond motifs is 9. The minimum atomic E-state index is -4.01. The zero-order chi connectivity index (χ0) is 36.0.